The van der Waals surface area contributed by atoms with Crippen molar-refractivity contribution in [2.75, 3.05) is 48.9 Å². The lowest BCUT2D eigenvalue weighted by molar-refractivity contribution is -0.164. The molecule has 0 aromatic carbocycles. The maximum Gasteiger partial charge on any atom is 0.303 e. The van der Waals surface area contributed by atoms with E-state index in [1.54, 1.807) is 67.5 Å². The summed E-state index contributed by atoms with van der Waals surface area (Å²) < 4.78 is 5.93. The lowest BCUT2D eigenvalue weighted by Gasteiger charge is -2.42. The Balaban J connectivity index is 4.47. The zero-order valence-electron chi connectivity index (χ0n) is 58.0. The van der Waals surface area contributed by atoms with Crippen molar-refractivity contribution in [3.05, 3.63) is 12.2 Å². The first kappa shape index (κ1) is 80.4. The second-order valence-corrected chi connectivity index (χ2v) is 26.4. The van der Waals surface area contributed by atoms with Gasteiger partial charge in [-0.15, -0.1) is 0 Å². The second-order valence-electron chi connectivity index (χ2n) is 26.4. The van der Waals surface area contributed by atoms with Crippen molar-refractivity contribution in [1.29, 1.82) is 0 Å². The maximum atomic E-state index is 15.4. The van der Waals surface area contributed by atoms with E-state index in [1.165, 1.54) is 77.8 Å². The van der Waals surface area contributed by atoms with Gasteiger partial charge in [-0.2, -0.15) is 0 Å². The summed E-state index contributed by atoms with van der Waals surface area (Å²) in [5.74, 6) is -11.9. The SMILES string of the molecule is CC=CCC(C)C(OC(C)=O)C1C(=O)NC(CC)C(=O)N(C)C(C)C(=O)N(C)C(C(C)CCO)C(=O)NC(C(C)C)C(=O)N(C)C(CC(C)C)C(=O)NC(C)C(=O)NC(C)C(=O)NC(CC(C)C)C(=O)N(C)C(CC(C)C)C(=O)N(C)C(C(C)C)C(=O)N1C. The highest BCUT2D eigenvalue weighted by Crippen LogP contribution is 2.27. The van der Waals surface area contributed by atoms with Gasteiger partial charge in [0.1, 0.15) is 72.6 Å². The monoisotopic (exact) mass is 1260 g/mol. The van der Waals surface area contributed by atoms with Crippen LogP contribution in [0.1, 0.15) is 163 Å². The lowest BCUT2D eigenvalue weighted by atomic mass is 9.91. The fourth-order valence-corrected chi connectivity index (χ4v) is 11.2. The van der Waals surface area contributed by atoms with Gasteiger partial charge in [0, 0.05) is 55.8 Å². The molecule has 0 saturated carbocycles. The normalized spacial score (nSPS) is 27.2. The number of allylic oxidation sites excluding steroid dienone is 2. The first-order valence-corrected chi connectivity index (χ1v) is 31.7. The molecule has 1 aliphatic rings. The van der Waals surface area contributed by atoms with E-state index in [9.17, 15) is 48.3 Å². The summed E-state index contributed by atoms with van der Waals surface area (Å²) in [6, 6.07) is -14.3. The summed E-state index contributed by atoms with van der Waals surface area (Å²) in [6.45, 7) is 29.6. The van der Waals surface area contributed by atoms with Gasteiger partial charge in [-0.05, 0) is 108 Å². The predicted molar refractivity (Wildman–Crippen MR) is 339 cm³/mol. The van der Waals surface area contributed by atoms with Gasteiger partial charge in [0.2, 0.25) is 65.0 Å². The van der Waals surface area contributed by atoms with Gasteiger partial charge in [0.15, 0.2) is 0 Å². The van der Waals surface area contributed by atoms with E-state index in [1.807, 2.05) is 41.5 Å². The molecule has 0 aromatic heterocycles. The van der Waals surface area contributed by atoms with Crippen LogP contribution < -0.4 is 26.6 Å². The van der Waals surface area contributed by atoms with Crippen molar-refractivity contribution in [2.45, 2.75) is 236 Å². The molecule has 1 heterocycles. The van der Waals surface area contributed by atoms with Crippen LogP contribution >= 0.6 is 0 Å². The van der Waals surface area contributed by atoms with Gasteiger partial charge in [0.25, 0.3) is 0 Å². The van der Waals surface area contributed by atoms with Crippen LogP contribution in [0.2, 0.25) is 0 Å². The van der Waals surface area contributed by atoms with E-state index in [0.717, 1.165) is 21.6 Å². The molecule has 6 N–H and O–H groups in total. The Kier molecular flexibility index (Phi) is 33.3. The molecular formula is C64H113N11O14. The van der Waals surface area contributed by atoms with Gasteiger partial charge in [-0.25, -0.2) is 0 Å². The van der Waals surface area contributed by atoms with Crippen LogP contribution in [0, 0.1) is 41.4 Å². The molecular weight excluding hydrogens is 1150 g/mol. The smallest absolute Gasteiger partial charge is 0.303 e. The quantitative estimate of drug-likeness (QED) is 0.0902. The fourth-order valence-electron chi connectivity index (χ4n) is 11.2. The molecule has 508 valence electrons. The molecule has 0 radical (unpaired) electrons. The largest absolute Gasteiger partial charge is 0.459 e. The Morgan fingerprint density at radius 1 is 0.506 bits per heavy atom. The number of ether oxygens (including phenoxy) is 1. The number of likely N-dealkylation sites (N-methyl/N-ethyl adjacent to an activating group) is 6. The minimum Gasteiger partial charge on any atom is -0.459 e. The van der Waals surface area contributed by atoms with Crippen LogP contribution in [0.5, 0.6) is 0 Å². The number of rotatable bonds is 17. The summed E-state index contributed by atoms with van der Waals surface area (Å²) in [6.07, 6.45) is 2.86. The lowest BCUT2D eigenvalue weighted by Crippen LogP contribution is -2.64. The molecule has 0 bridgehead atoms. The molecule has 1 saturated heterocycles. The van der Waals surface area contributed by atoms with E-state index in [-0.39, 0.29) is 62.9 Å². The van der Waals surface area contributed by atoms with Crippen molar-refractivity contribution in [2.24, 2.45) is 41.4 Å². The van der Waals surface area contributed by atoms with Crippen molar-refractivity contribution < 1.29 is 67.4 Å². The molecule has 1 aliphatic heterocycles. The Morgan fingerprint density at radius 2 is 0.955 bits per heavy atom. The number of nitrogens with one attached hydrogen (secondary N) is 5. The Hall–Kier alpha value is -6.66. The van der Waals surface area contributed by atoms with Crippen LogP contribution in [0.3, 0.4) is 0 Å². The molecule has 0 aliphatic carbocycles. The number of carbonyl (C=O) groups is 12. The van der Waals surface area contributed by atoms with E-state index < -0.39 is 167 Å². The number of hydrogen-bond donors (Lipinski definition) is 6. The van der Waals surface area contributed by atoms with E-state index >= 15 is 14.4 Å². The molecule has 11 amide bonds. The molecule has 14 atom stereocenters. The molecule has 89 heavy (non-hydrogen) atoms. The van der Waals surface area contributed by atoms with Crippen molar-refractivity contribution in [3.63, 3.8) is 0 Å². The highest BCUT2D eigenvalue weighted by Gasteiger charge is 2.47. The first-order chi connectivity index (χ1) is 41.2. The molecule has 25 heteroatoms. The third-order valence-corrected chi connectivity index (χ3v) is 16.7. The number of nitrogens with zero attached hydrogens (tertiary/aromatic N) is 6. The van der Waals surface area contributed by atoms with Crippen molar-refractivity contribution in [3.8, 4) is 0 Å². The van der Waals surface area contributed by atoms with Crippen LogP contribution in [-0.4, -0.2) is 227 Å². The molecule has 0 spiro atoms. The highest BCUT2D eigenvalue weighted by atomic mass is 16.5. The number of amides is 11. The van der Waals surface area contributed by atoms with Gasteiger partial charge in [0.05, 0.1) is 0 Å². The summed E-state index contributed by atoms with van der Waals surface area (Å²) in [5.41, 5.74) is 0. The van der Waals surface area contributed by atoms with Gasteiger partial charge in [-0.1, -0.05) is 102 Å². The molecule has 0 aromatic rings. The third-order valence-electron chi connectivity index (χ3n) is 16.7. The van der Waals surface area contributed by atoms with Gasteiger partial charge < -0.3 is 65.8 Å². The van der Waals surface area contributed by atoms with Crippen LogP contribution in [-0.2, 0) is 62.3 Å². The average Bonchev–Trinajstić information content (AvgIpc) is 0.947. The minimum absolute atomic E-state index is 0.0352. The molecule has 1 fully saturated rings. The second kappa shape index (κ2) is 36.9. The first-order valence-electron chi connectivity index (χ1n) is 31.7. The van der Waals surface area contributed by atoms with E-state index in [2.05, 4.69) is 26.6 Å². The Bertz CT molecular complexity index is 2470. The van der Waals surface area contributed by atoms with E-state index in [4.69, 9.17) is 4.74 Å². The number of aliphatic hydroxyl groups excluding tert-OH is 1. The Labute approximate surface area is 530 Å². The number of hydrogen-bond acceptors (Lipinski definition) is 14. The Morgan fingerprint density at radius 3 is 1.43 bits per heavy atom. The summed E-state index contributed by atoms with van der Waals surface area (Å²) >= 11 is 0. The summed E-state index contributed by atoms with van der Waals surface area (Å²) in [5, 5.41) is 23.8. The zero-order chi connectivity index (χ0) is 69.0. The average molecular weight is 1260 g/mol. The number of aliphatic hydroxyl groups is 1. The van der Waals surface area contributed by atoms with Gasteiger partial charge >= 0.3 is 5.97 Å². The standard InChI is InChI=1S/C64H113N11O14/c1-25-27-28-40(14)53(89-44(18)77)52-58(82)67-45(26-2)60(84)70(19)43(17)59(83)74(23)51(39(13)29-30-76)57(81)69-49(37(9)10)63(87)71(20)47(32-35(5)6)56(80)66-41(15)54(78)65-42(16)55(79)68-46(31-34(3)4)61(85)72(21)48(33-36(7)8)62(86)73(22)50(38(11)12)64(88)75(52)24/h25,27,34-43,45-53,76H,26,28-33H2,1-24H3,(H,65,78)(H,66,80)(H,67,82)(H,68,79)(H,69,81). The molecule has 25 nitrogen and oxygen atoms in total. The fraction of sp³-hybridized carbons (Fsp3) is 0.781. The molecule has 14 unspecified atom stereocenters. The summed E-state index contributed by atoms with van der Waals surface area (Å²) in [7, 11) is 8.30. The highest BCUT2D eigenvalue weighted by molar-refractivity contribution is 6.00. The van der Waals surface area contributed by atoms with Crippen LogP contribution in [0.15, 0.2) is 12.2 Å². The zero-order valence-corrected chi connectivity index (χ0v) is 58.0. The van der Waals surface area contributed by atoms with Crippen molar-refractivity contribution >= 4 is 70.9 Å². The maximum absolute atomic E-state index is 15.4. The van der Waals surface area contributed by atoms with Crippen LogP contribution in [0.25, 0.3) is 0 Å². The molecule has 1 rings (SSSR count). The summed E-state index contributed by atoms with van der Waals surface area (Å²) in [4.78, 5) is 182. The number of carbonyl (C=O) groups excluding carboxylic acids is 12. The van der Waals surface area contributed by atoms with E-state index in [0.29, 0.717) is 0 Å². The third kappa shape index (κ3) is 22.7. The minimum atomic E-state index is -1.63. The van der Waals surface area contributed by atoms with Crippen LogP contribution in [0.4, 0.5) is 0 Å². The number of esters is 1. The predicted octanol–water partition coefficient (Wildman–Crippen LogP) is 2.86. The topological polar surface area (TPSA) is 314 Å². The van der Waals surface area contributed by atoms with Gasteiger partial charge in [-0.3, -0.25) is 57.5 Å². The van der Waals surface area contributed by atoms with Crippen molar-refractivity contribution in [1.82, 2.24) is 56.0 Å².